The van der Waals surface area contributed by atoms with Gasteiger partial charge in [-0.1, -0.05) is 12.1 Å². The van der Waals surface area contributed by atoms with E-state index in [1.54, 1.807) is 24.3 Å². The van der Waals surface area contributed by atoms with E-state index in [0.29, 0.717) is 11.4 Å². The number of rotatable bonds is 4. The minimum Gasteiger partial charge on any atom is -0.451 e. The van der Waals surface area contributed by atoms with Gasteiger partial charge < -0.3 is 15.5 Å². The van der Waals surface area contributed by atoms with Crippen LogP contribution in [0.15, 0.2) is 41.3 Å². The van der Waals surface area contributed by atoms with Crippen molar-refractivity contribution in [3.05, 3.63) is 48.2 Å². The lowest BCUT2D eigenvalue weighted by atomic mass is 10.1. The molecule has 0 unspecified atom stereocenters. The minimum absolute atomic E-state index is 0.0730. The number of oxazole rings is 1. The average Bonchev–Trinajstić information content (AvgIpc) is 2.82. The number of aromatic nitrogens is 1. The molecule has 2 amide bonds. The maximum absolute atomic E-state index is 11.7. The van der Waals surface area contributed by atoms with Crippen LogP contribution >= 0.6 is 0 Å². The van der Waals surface area contributed by atoms with Gasteiger partial charge in [0.05, 0.1) is 23.4 Å². The van der Waals surface area contributed by atoms with Crippen molar-refractivity contribution in [2.45, 2.75) is 6.42 Å². The van der Waals surface area contributed by atoms with E-state index in [2.05, 4.69) is 10.3 Å². The molecule has 92 valence electrons. The van der Waals surface area contributed by atoms with Gasteiger partial charge in [-0.3, -0.25) is 9.59 Å². The standard InChI is InChI=1S/C12H11N3O3/c13-12(17)9-3-1-2-4-10(9)15-11(16)5-8-6-18-7-14-8/h1-4,6-7H,5H2,(H2,13,17)(H,15,16). The molecule has 0 atom stereocenters. The van der Waals surface area contributed by atoms with E-state index in [4.69, 9.17) is 10.2 Å². The molecule has 0 aliphatic heterocycles. The number of nitrogens with two attached hydrogens (primary N) is 1. The number of para-hydroxylation sites is 1. The van der Waals surface area contributed by atoms with E-state index in [1.807, 2.05) is 0 Å². The van der Waals surface area contributed by atoms with Gasteiger partial charge in [0.2, 0.25) is 5.91 Å². The second-order valence-electron chi connectivity index (χ2n) is 3.61. The molecule has 0 fully saturated rings. The van der Waals surface area contributed by atoms with Crippen LogP contribution in [0.1, 0.15) is 16.1 Å². The molecule has 1 aromatic heterocycles. The first-order valence-electron chi connectivity index (χ1n) is 5.22. The number of anilines is 1. The molecular weight excluding hydrogens is 234 g/mol. The minimum atomic E-state index is -0.590. The van der Waals surface area contributed by atoms with Crippen molar-refractivity contribution < 1.29 is 14.0 Å². The van der Waals surface area contributed by atoms with E-state index in [1.165, 1.54) is 12.7 Å². The van der Waals surface area contributed by atoms with Crippen molar-refractivity contribution in [2.24, 2.45) is 5.73 Å². The quantitative estimate of drug-likeness (QED) is 0.837. The van der Waals surface area contributed by atoms with Crippen molar-refractivity contribution in [1.82, 2.24) is 4.98 Å². The van der Waals surface area contributed by atoms with Crippen molar-refractivity contribution in [2.75, 3.05) is 5.32 Å². The molecule has 6 heteroatoms. The highest BCUT2D eigenvalue weighted by Crippen LogP contribution is 2.14. The van der Waals surface area contributed by atoms with Crippen LogP contribution in [0.3, 0.4) is 0 Å². The van der Waals surface area contributed by atoms with Crippen LogP contribution in [0.2, 0.25) is 0 Å². The van der Waals surface area contributed by atoms with Gasteiger partial charge in [0.25, 0.3) is 5.91 Å². The van der Waals surface area contributed by atoms with Gasteiger partial charge >= 0.3 is 0 Å². The van der Waals surface area contributed by atoms with Gasteiger partial charge in [0.15, 0.2) is 6.39 Å². The first-order chi connectivity index (χ1) is 8.66. The fourth-order valence-electron chi connectivity index (χ4n) is 1.49. The SMILES string of the molecule is NC(=O)c1ccccc1NC(=O)Cc1cocn1. The zero-order chi connectivity index (χ0) is 13.0. The van der Waals surface area contributed by atoms with Crippen LogP contribution in [0.4, 0.5) is 5.69 Å². The summed E-state index contributed by atoms with van der Waals surface area (Å²) in [4.78, 5) is 26.7. The molecule has 0 aliphatic rings. The molecular formula is C12H11N3O3. The molecule has 1 heterocycles. The number of nitrogens with one attached hydrogen (secondary N) is 1. The summed E-state index contributed by atoms with van der Waals surface area (Å²) in [5.41, 5.74) is 6.38. The molecule has 0 saturated carbocycles. The highest BCUT2D eigenvalue weighted by molar-refractivity contribution is 6.03. The number of carbonyl (C=O) groups excluding carboxylic acids is 2. The number of benzene rings is 1. The van der Waals surface area contributed by atoms with Gasteiger partial charge in [0, 0.05) is 0 Å². The fraction of sp³-hybridized carbons (Fsp3) is 0.0833. The van der Waals surface area contributed by atoms with Gasteiger partial charge in [-0.15, -0.1) is 0 Å². The fourth-order valence-corrected chi connectivity index (χ4v) is 1.49. The second kappa shape index (κ2) is 5.13. The number of carbonyl (C=O) groups is 2. The third-order valence-electron chi connectivity index (χ3n) is 2.29. The Kier molecular flexibility index (Phi) is 3.38. The zero-order valence-electron chi connectivity index (χ0n) is 9.42. The first kappa shape index (κ1) is 11.8. The first-order valence-corrected chi connectivity index (χ1v) is 5.22. The Morgan fingerprint density at radius 2 is 2.11 bits per heavy atom. The van der Waals surface area contributed by atoms with Gasteiger partial charge in [-0.05, 0) is 12.1 Å². The van der Waals surface area contributed by atoms with Crippen LogP contribution in [0.5, 0.6) is 0 Å². The molecule has 0 radical (unpaired) electrons. The Morgan fingerprint density at radius 1 is 1.33 bits per heavy atom. The Morgan fingerprint density at radius 3 is 2.78 bits per heavy atom. The highest BCUT2D eigenvalue weighted by Gasteiger charge is 2.11. The van der Waals surface area contributed by atoms with E-state index >= 15 is 0 Å². The summed E-state index contributed by atoms with van der Waals surface area (Å²) in [6.45, 7) is 0. The Labute approximate surface area is 103 Å². The molecule has 2 rings (SSSR count). The number of primary amides is 1. The van der Waals surface area contributed by atoms with Crippen molar-refractivity contribution >= 4 is 17.5 Å². The van der Waals surface area contributed by atoms with Crippen LogP contribution in [0.25, 0.3) is 0 Å². The summed E-state index contributed by atoms with van der Waals surface area (Å²) >= 11 is 0. The Balaban J connectivity index is 2.09. The van der Waals surface area contributed by atoms with Crippen LogP contribution in [-0.4, -0.2) is 16.8 Å². The predicted molar refractivity (Wildman–Crippen MR) is 63.8 cm³/mol. The smallest absolute Gasteiger partial charge is 0.250 e. The third kappa shape index (κ3) is 2.73. The maximum atomic E-state index is 11.7. The normalized spacial score (nSPS) is 10.0. The lowest BCUT2D eigenvalue weighted by molar-refractivity contribution is -0.115. The lowest BCUT2D eigenvalue weighted by Crippen LogP contribution is -2.19. The van der Waals surface area contributed by atoms with Crippen molar-refractivity contribution in [3.8, 4) is 0 Å². The number of hydrogen-bond donors (Lipinski definition) is 2. The highest BCUT2D eigenvalue weighted by atomic mass is 16.3. The van der Waals surface area contributed by atoms with Crippen LogP contribution < -0.4 is 11.1 Å². The van der Waals surface area contributed by atoms with E-state index in [-0.39, 0.29) is 17.9 Å². The lowest BCUT2D eigenvalue weighted by Gasteiger charge is -2.07. The molecule has 18 heavy (non-hydrogen) atoms. The number of nitrogens with zero attached hydrogens (tertiary/aromatic N) is 1. The second-order valence-corrected chi connectivity index (χ2v) is 3.61. The van der Waals surface area contributed by atoms with E-state index in [9.17, 15) is 9.59 Å². The van der Waals surface area contributed by atoms with Crippen LogP contribution in [0, 0.1) is 0 Å². The largest absolute Gasteiger partial charge is 0.451 e. The summed E-state index contributed by atoms with van der Waals surface area (Å²) in [5, 5.41) is 2.61. The van der Waals surface area contributed by atoms with E-state index in [0.717, 1.165) is 0 Å². The average molecular weight is 245 g/mol. The van der Waals surface area contributed by atoms with Crippen LogP contribution in [-0.2, 0) is 11.2 Å². The molecule has 3 N–H and O–H groups in total. The molecule has 6 nitrogen and oxygen atoms in total. The molecule has 1 aromatic carbocycles. The van der Waals surface area contributed by atoms with Gasteiger partial charge in [0.1, 0.15) is 6.26 Å². The Hall–Kier alpha value is -2.63. The molecule has 0 saturated heterocycles. The van der Waals surface area contributed by atoms with Gasteiger partial charge in [-0.25, -0.2) is 4.98 Å². The molecule has 0 spiro atoms. The maximum Gasteiger partial charge on any atom is 0.250 e. The zero-order valence-corrected chi connectivity index (χ0v) is 9.42. The summed E-state index contributed by atoms with van der Waals surface area (Å²) in [5.74, 6) is -0.884. The molecule has 2 aromatic rings. The topological polar surface area (TPSA) is 98.2 Å². The summed E-state index contributed by atoms with van der Waals surface area (Å²) in [6.07, 6.45) is 2.71. The third-order valence-corrected chi connectivity index (χ3v) is 2.29. The van der Waals surface area contributed by atoms with Crippen molar-refractivity contribution in [3.63, 3.8) is 0 Å². The van der Waals surface area contributed by atoms with Gasteiger partial charge in [-0.2, -0.15) is 0 Å². The predicted octanol–water partition coefficient (Wildman–Crippen LogP) is 0.955. The Bertz CT molecular complexity index is 564. The van der Waals surface area contributed by atoms with E-state index < -0.39 is 5.91 Å². The number of hydrogen-bond acceptors (Lipinski definition) is 4. The van der Waals surface area contributed by atoms with Crippen molar-refractivity contribution in [1.29, 1.82) is 0 Å². The number of amides is 2. The summed E-state index contributed by atoms with van der Waals surface area (Å²) in [6, 6.07) is 6.54. The summed E-state index contributed by atoms with van der Waals surface area (Å²) in [7, 11) is 0. The molecule has 0 bridgehead atoms. The molecule has 0 aliphatic carbocycles. The monoisotopic (exact) mass is 245 g/mol. The summed E-state index contributed by atoms with van der Waals surface area (Å²) < 4.78 is 4.76.